The molecule has 3 fully saturated rings. The van der Waals surface area contributed by atoms with Gasteiger partial charge in [0.15, 0.2) is 0 Å². The van der Waals surface area contributed by atoms with Crippen molar-refractivity contribution in [1.82, 2.24) is 29.7 Å². The average Bonchev–Trinajstić information content (AvgIpc) is 3.71. The fraction of sp³-hybridized carbons (Fsp3) is 0.433. The molecular weight excluding hydrogens is 520 g/mol. The summed E-state index contributed by atoms with van der Waals surface area (Å²) in [6.45, 7) is 9.10. The molecule has 0 radical (unpaired) electrons. The van der Waals surface area contributed by atoms with E-state index in [0.29, 0.717) is 17.9 Å². The van der Waals surface area contributed by atoms with Crippen LogP contribution in [-0.2, 0) is 0 Å². The highest BCUT2D eigenvalue weighted by molar-refractivity contribution is 7.21. The molecule has 6 heterocycles. The number of aromatic nitrogens is 4. The van der Waals surface area contributed by atoms with E-state index in [-0.39, 0.29) is 5.91 Å². The number of pyridine rings is 1. The van der Waals surface area contributed by atoms with Crippen molar-refractivity contribution in [3.63, 3.8) is 0 Å². The van der Waals surface area contributed by atoms with Gasteiger partial charge in [-0.1, -0.05) is 19.1 Å². The maximum absolute atomic E-state index is 13.0. The first-order valence-corrected chi connectivity index (χ1v) is 15.2. The van der Waals surface area contributed by atoms with Crippen molar-refractivity contribution in [2.75, 3.05) is 42.9 Å². The van der Waals surface area contributed by atoms with Gasteiger partial charge in [-0.2, -0.15) is 4.98 Å². The molecule has 3 aliphatic rings. The third-order valence-corrected chi connectivity index (χ3v) is 9.45. The first-order chi connectivity index (χ1) is 19.5. The van der Waals surface area contributed by atoms with Gasteiger partial charge in [-0.05, 0) is 51.3 Å². The van der Waals surface area contributed by atoms with Crippen LogP contribution in [0.4, 0.5) is 17.6 Å². The van der Waals surface area contributed by atoms with Crippen LogP contribution in [0.1, 0.15) is 48.7 Å². The number of fused-ring (bicyclic) bond motifs is 3. The molecule has 3 aliphatic heterocycles. The van der Waals surface area contributed by atoms with E-state index in [2.05, 4.69) is 27.0 Å². The standard InChI is InChI=1S/C30H34N8OS/c1-3-36-17-23-14-22(36)18-38(23)30-32-19(2)12-27(35-30)34-26-15-24-25(16-31-26)40-28(33-24)20-8-7-9-21(13-20)29(39)37-10-5-4-6-11-37/h7-9,12-13,15-16,22-23H,3-6,10-11,14,17-18H2,1-2H3,(H,31,32,34,35)/t22-,23-/m0/s1. The molecule has 9 nitrogen and oxygen atoms in total. The van der Waals surface area contributed by atoms with Crippen LogP contribution < -0.4 is 10.2 Å². The van der Waals surface area contributed by atoms with Crippen LogP contribution in [0.2, 0.25) is 0 Å². The van der Waals surface area contributed by atoms with Gasteiger partial charge in [0.1, 0.15) is 16.6 Å². The first-order valence-electron chi connectivity index (χ1n) is 14.3. The Balaban J connectivity index is 1.10. The molecule has 0 saturated carbocycles. The zero-order chi connectivity index (χ0) is 27.2. The quantitative estimate of drug-likeness (QED) is 0.352. The van der Waals surface area contributed by atoms with Gasteiger partial charge < -0.3 is 15.1 Å². The van der Waals surface area contributed by atoms with Gasteiger partial charge in [-0.3, -0.25) is 9.69 Å². The maximum Gasteiger partial charge on any atom is 0.253 e. The summed E-state index contributed by atoms with van der Waals surface area (Å²) in [6, 6.07) is 12.8. The number of hydrogen-bond donors (Lipinski definition) is 1. The summed E-state index contributed by atoms with van der Waals surface area (Å²) in [7, 11) is 0. The number of carbonyl (C=O) groups is 1. The Kier molecular flexibility index (Phi) is 6.59. The maximum atomic E-state index is 13.0. The van der Waals surface area contributed by atoms with E-state index in [1.165, 1.54) is 12.8 Å². The number of likely N-dealkylation sites (N-methyl/N-ethyl adjacent to an activating group) is 1. The van der Waals surface area contributed by atoms with Gasteiger partial charge in [0.2, 0.25) is 5.95 Å². The zero-order valence-electron chi connectivity index (χ0n) is 23.0. The molecule has 2 atom stereocenters. The Morgan fingerprint density at radius 1 is 1.02 bits per heavy atom. The third kappa shape index (κ3) is 4.79. The topological polar surface area (TPSA) is 90.4 Å². The van der Waals surface area contributed by atoms with Gasteiger partial charge in [0.25, 0.3) is 5.91 Å². The van der Waals surface area contributed by atoms with Crippen LogP contribution >= 0.6 is 11.3 Å². The SMILES string of the molecule is CCN1C[C@@H]2C[C@H]1CN2c1nc(C)cc(Nc2cc3nc(-c4cccc(C(=O)N5CCCCC5)c4)sc3cn2)n1. The van der Waals surface area contributed by atoms with Gasteiger partial charge in [0, 0.05) is 73.4 Å². The number of piperazine rings is 1. The number of anilines is 3. The second-order valence-corrected chi connectivity index (χ2v) is 12.1. The second kappa shape index (κ2) is 10.4. The van der Waals surface area contributed by atoms with Crippen LogP contribution in [-0.4, -0.2) is 80.5 Å². The molecule has 2 bridgehead atoms. The number of aryl methyl sites for hydroxylation is 1. The first kappa shape index (κ1) is 25.3. The summed E-state index contributed by atoms with van der Waals surface area (Å²) < 4.78 is 1.00. The highest BCUT2D eigenvalue weighted by Gasteiger charge is 2.43. The Morgan fingerprint density at radius 3 is 2.70 bits per heavy atom. The highest BCUT2D eigenvalue weighted by Crippen LogP contribution is 2.34. The Labute approximate surface area is 238 Å². The molecule has 10 heteroatoms. The molecule has 0 spiro atoms. The van der Waals surface area contributed by atoms with Crippen molar-refractivity contribution in [2.24, 2.45) is 0 Å². The van der Waals surface area contributed by atoms with Crippen molar-refractivity contribution in [2.45, 2.75) is 51.6 Å². The minimum absolute atomic E-state index is 0.111. The molecule has 0 unspecified atom stereocenters. The van der Waals surface area contributed by atoms with Crippen LogP contribution in [0.5, 0.6) is 0 Å². The minimum Gasteiger partial charge on any atom is -0.339 e. The lowest BCUT2D eigenvalue weighted by Gasteiger charge is -2.33. The van der Waals surface area contributed by atoms with E-state index in [1.807, 2.05) is 54.4 Å². The fourth-order valence-corrected chi connectivity index (χ4v) is 7.26. The smallest absolute Gasteiger partial charge is 0.253 e. The summed E-state index contributed by atoms with van der Waals surface area (Å²) in [5.74, 6) is 2.34. The highest BCUT2D eigenvalue weighted by atomic mass is 32.1. The largest absolute Gasteiger partial charge is 0.339 e. The summed E-state index contributed by atoms with van der Waals surface area (Å²) in [5, 5.41) is 4.27. The summed E-state index contributed by atoms with van der Waals surface area (Å²) in [5.41, 5.74) is 3.48. The molecule has 4 aromatic rings. The molecule has 1 N–H and O–H groups in total. The number of thiazole rings is 1. The fourth-order valence-electron chi connectivity index (χ4n) is 6.35. The predicted octanol–water partition coefficient (Wildman–Crippen LogP) is 5.11. The predicted molar refractivity (Wildman–Crippen MR) is 159 cm³/mol. The zero-order valence-corrected chi connectivity index (χ0v) is 23.8. The van der Waals surface area contributed by atoms with E-state index >= 15 is 0 Å². The molecule has 1 amide bonds. The van der Waals surface area contributed by atoms with Crippen molar-refractivity contribution < 1.29 is 4.79 Å². The molecular formula is C30H34N8OS. The Morgan fingerprint density at radius 2 is 1.90 bits per heavy atom. The Bertz CT molecular complexity index is 1560. The molecule has 40 heavy (non-hydrogen) atoms. The van der Waals surface area contributed by atoms with E-state index in [0.717, 1.165) is 89.4 Å². The molecule has 3 saturated heterocycles. The van der Waals surface area contributed by atoms with Gasteiger partial charge >= 0.3 is 0 Å². The van der Waals surface area contributed by atoms with Crippen LogP contribution in [0.15, 0.2) is 42.6 Å². The number of carbonyl (C=O) groups excluding carboxylic acids is 1. The molecule has 1 aromatic carbocycles. The second-order valence-electron chi connectivity index (χ2n) is 11.1. The number of piperidine rings is 1. The van der Waals surface area contributed by atoms with E-state index < -0.39 is 0 Å². The Hall–Kier alpha value is -3.63. The number of hydrogen-bond acceptors (Lipinski definition) is 9. The number of rotatable bonds is 6. The van der Waals surface area contributed by atoms with E-state index in [4.69, 9.17) is 15.0 Å². The lowest BCUT2D eigenvalue weighted by Crippen LogP contribution is -2.46. The normalized spacial score (nSPS) is 20.9. The van der Waals surface area contributed by atoms with Crippen LogP contribution in [0.25, 0.3) is 20.8 Å². The molecule has 7 rings (SSSR count). The van der Waals surface area contributed by atoms with Crippen molar-refractivity contribution >= 4 is 45.0 Å². The molecule has 3 aromatic heterocycles. The summed E-state index contributed by atoms with van der Waals surface area (Å²) in [6.07, 6.45) is 6.41. The lowest BCUT2D eigenvalue weighted by atomic mass is 10.1. The average molecular weight is 555 g/mol. The van der Waals surface area contributed by atoms with Gasteiger partial charge in [-0.15, -0.1) is 11.3 Å². The van der Waals surface area contributed by atoms with Crippen LogP contribution in [0.3, 0.4) is 0 Å². The molecule has 206 valence electrons. The number of benzene rings is 1. The number of nitrogens with one attached hydrogen (secondary N) is 1. The third-order valence-electron chi connectivity index (χ3n) is 8.39. The molecule has 0 aliphatic carbocycles. The van der Waals surface area contributed by atoms with Crippen LogP contribution in [0, 0.1) is 6.92 Å². The number of nitrogens with zero attached hydrogens (tertiary/aromatic N) is 7. The van der Waals surface area contributed by atoms with E-state index in [9.17, 15) is 4.79 Å². The summed E-state index contributed by atoms with van der Waals surface area (Å²) in [4.78, 5) is 39.1. The summed E-state index contributed by atoms with van der Waals surface area (Å²) >= 11 is 1.59. The number of likely N-dealkylation sites (tertiary alicyclic amines) is 2. The van der Waals surface area contributed by atoms with Crippen molar-refractivity contribution in [3.05, 3.63) is 53.9 Å². The van der Waals surface area contributed by atoms with Crippen molar-refractivity contribution in [1.29, 1.82) is 0 Å². The minimum atomic E-state index is 0.111. The monoisotopic (exact) mass is 554 g/mol. The lowest BCUT2D eigenvalue weighted by molar-refractivity contribution is 0.0724. The van der Waals surface area contributed by atoms with Gasteiger partial charge in [0.05, 0.1) is 10.2 Å². The number of amides is 1. The van der Waals surface area contributed by atoms with Gasteiger partial charge in [-0.25, -0.2) is 15.0 Å². The van der Waals surface area contributed by atoms with Crippen molar-refractivity contribution in [3.8, 4) is 10.6 Å². The van der Waals surface area contributed by atoms with E-state index in [1.54, 1.807) is 11.3 Å².